The number of ether oxygens (including phenoxy) is 1. The molecule has 4 atom stereocenters. The summed E-state index contributed by atoms with van der Waals surface area (Å²) in [6.45, 7) is 2.71. The number of hydrogen-bond donors (Lipinski definition) is 4. The fourth-order valence-corrected chi connectivity index (χ4v) is 4.68. The number of carbonyl (C=O) groups excluding carboxylic acids is 5. The number of aldehydes is 1. The lowest BCUT2D eigenvalue weighted by Crippen LogP contribution is -2.56. The number of likely N-dealkylation sites (tertiary alicyclic amines) is 1. The summed E-state index contributed by atoms with van der Waals surface area (Å²) >= 11 is 0. The molecule has 1 aliphatic carbocycles. The highest BCUT2D eigenvalue weighted by molar-refractivity contribution is 5.95. The molecular weight excluding hydrogens is 499 g/mol. The lowest BCUT2D eigenvalue weighted by Gasteiger charge is -2.30. The van der Waals surface area contributed by atoms with Gasteiger partial charge in [0.15, 0.2) is 5.78 Å². The van der Waals surface area contributed by atoms with Crippen LogP contribution in [0.2, 0.25) is 0 Å². The summed E-state index contributed by atoms with van der Waals surface area (Å²) in [5, 5.41) is 4.87. The molecule has 1 aliphatic heterocycles. The number of amides is 4. The summed E-state index contributed by atoms with van der Waals surface area (Å²) in [5.41, 5.74) is 10.4. The largest absolute Gasteiger partial charge is 0.522 e. The van der Waals surface area contributed by atoms with E-state index in [4.69, 9.17) is 11.5 Å². The van der Waals surface area contributed by atoms with Crippen LogP contribution < -0.4 is 22.1 Å². The number of nitrogens with two attached hydrogens (primary N) is 2. The molecule has 0 aromatic rings. The summed E-state index contributed by atoms with van der Waals surface area (Å²) in [5.74, 6) is -3.07. The van der Waals surface area contributed by atoms with Crippen molar-refractivity contribution in [2.75, 3.05) is 19.7 Å². The highest BCUT2D eigenvalue weighted by Crippen LogP contribution is 2.55. The zero-order valence-electron chi connectivity index (χ0n) is 21.0. The number of rotatable bonds is 14. The van der Waals surface area contributed by atoms with Crippen LogP contribution in [0.3, 0.4) is 0 Å². The van der Waals surface area contributed by atoms with Gasteiger partial charge in [0.25, 0.3) is 0 Å². The molecule has 210 valence electrons. The molecule has 2 rings (SSSR count). The Kier molecular flexibility index (Phi) is 10.4. The van der Waals surface area contributed by atoms with Crippen molar-refractivity contribution in [3.8, 4) is 0 Å². The summed E-state index contributed by atoms with van der Waals surface area (Å²) < 4.78 is 41.2. The molecule has 14 heteroatoms. The lowest BCUT2D eigenvalue weighted by atomic mass is 9.95. The summed E-state index contributed by atoms with van der Waals surface area (Å²) in [6.07, 6.45) is -2.50. The fraction of sp³-hybridized carbons (Fsp3) is 0.783. The first-order chi connectivity index (χ1) is 17.2. The first-order valence-corrected chi connectivity index (χ1v) is 12.3. The van der Waals surface area contributed by atoms with Gasteiger partial charge >= 0.3 is 12.4 Å². The van der Waals surface area contributed by atoms with E-state index in [1.54, 1.807) is 0 Å². The topological polar surface area (TPSA) is 174 Å². The fourth-order valence-electron chi connectivity index (χ4n) is 4.68. The molecule has 0 aromatic carbocycles. The Bertz CT molecular complexity index is 864. The molecule has 1 saturated heterocycles. The van der Waals surface area contributed by atoms with E-state index in [-0.39, 0.29) is 43.7 Å². The SMILES string of the molecule is CC(C)C[C@@H](NC(N)=O)C(=O)N1CC2(CC2)C[C@H]1C(=O)N[C@@H](C[C@@H](C=O)CCN)C(=O)COC(F)(F)F. The van der Waals surface area contributed by atoms with Crippen LogP contribution in [0.5, 0.6) is 0 Å². The van der Waals surface area contributed by atoms with Gasteiger partial charge in [-0.3, -0.25) is 19.1 Å². The quantitative estimate of drug-likeness (QED) is 0.236. The number of hydrogen-bond acceptors (Lipinski definition) is 7. The van der Waals surface area contributed by atoms with Gasteiger partial charge in [0.1, 0.15) is 25.0 Å². The van der Waals surface area contributed by atoms with E-state index in [2.05, 4.69) is 15.4 Å². The number of primary amides is 1. The number of nitrogens with one attached hydrogen (secondary N) is 2. The lowest BCUT2D eigenvalue weighted by molar-refractivity contribution is -0.321. The van der Waals surface area contributed by atoms with Crippen LogP contribution in [0.25, 0.3) is 0 Å². The second-order valence-electron chi connectivity index (χ2n) is 10.3. The van der Waals surface area contributed by atoms with Crippen molar-refractivity contribution < 1.29 is 41.9 Å². The Morgan fingerprint density at radius 2 is 1.78 bits per heavy atom. The normalized spacial score (nSPS) is 20.8. The van der Waals surface area contributed by atoms with Crippen molar-refractivity contribution in [2.45, 2.75) is 76.9 Å². The van der Waals surface area contributed by atoms with Crippen LogP contribution >= 0.6 is 0 Å². The molecule has 1 heterocycles. The molecule has 11 nitrogen and oxygen atoms in total. The van der Waals surface area contributed by atoms with Crippen LogP contribution in [0.15, 0.2) is 0 Å². The minimum absolute atomic E-state index is 0.0176. The Hall–Kier alpha value is -2.74. The van der Waals surface area contributed by atoms with Crippen LogP contribution in [0.1, 0.15) is 52.4 Å². The molecule has 0 radical (unpaired) electrons. The van der Waals surface area contributed by atoms with Crippen LogP contribution in [0, 0.1) is 17.3 Å². The first kappa shape index (κ1) is 30.5. The van der Waals surface area contributed by atoms with Crippen LogP contribution in [-0.2, 0) is 23.9 Å². The van der Waals surface area contributed by atoms with E-state index in [9.17, 15) is 37.1 Å². The predicted octanol–water partition coefficient (Wildman–Crippen LogP) is 0.595. The van der Waals surface area contributed by atoms with E-state index in [1.165, 1.54) is 4.90 Å². The smallest absolute Gasteiger partial charge is 0.352 e. The van der Waals surface area contributed by atoms with Gasteiger partial charge in [0.2, 0.25) is 11.8 Å². The molecule has 0 aromatic heterocycles. The third-order valence-corrected chi connectivity index (χ3v) is 6.72. The first-order valence-electron chi connectivity index (χ1n) is 12.3. The Balaban J connectivity index is 2.24. The molecular formula is C23H36F3N5O6. The third-order valence-electron chi connectivity index (χ3n) is 6.72. The average Bonchev–Trinajstić information content (AvgIpc) is 3.44. The third kappa shape index (κ3) is 9.26. The molecule has 0 bridgehead atoms. The second-order valence-corrected chi connectivity index (χ2v) is 10.3. The number of nitrogens with zero attached hydrogens (tertiary/aromatic N) is 1. The molecule has 2 aliphatic rings. The maximum Gasteiger partial charge on any atom is 0.522 e. The molecule has 1 spiro atoms. The van der Waals surface area contributed by atoms with Gasteiger partial charge in [0, 0.05) is 12.5 Å². The Labute approximate surface area is 213 Å². The zero-order chi connectivity index (χ0) is 28.0. The molecule has 6 N–H and O–H groups in total. The number of alkyl halides is 3. The van der Waals surface area contributed by atoms with Gasteiger partial charge in [-0.25, -0.2) is 4.79 Å². The summed E-state index contributed by atoms with van der Waals surface area (Å²) in [6, 6.07) is -4.33. The molecule has 37 heavy (non-hydrogen) atoms. The number of Topliss-reactive ketones (excluding diaryl/α,β-unsaturated/α-hetero) is 1. The zero-order valence-corrected chi connectivity index (χ0v) is 21.0. The second kappa shape index (κ2) is 12.7. The van der Waals surface area contributed by atoms with Crippen molar-refractivity contribution in [1.82, 2.24) is 15.5 Å². The number of halogens is 3. The number of urea groups is 1. The predicted molar refractivity (Wildman–Crippen MR) is 125 cm³/mol. The van der Waals surface area contributed by atoms with Gasteiger partial charge < -0.3 is 31.8 Å². The minimum atomic E-state index is -5.06. The van der Waals surface area contributed by atoms with Gasteiger partial charge in [-0.2, -0.15) is 0 Å². The maximum absolute atomic E-state index is 13.4. The standard InChI is InChI=1S/C23H36F3N5O6/c1-13(2)7-16(30-21(28)36)20(35)31-12-22(4-5-22)9-17(31)19(34)29-15(8-14(10-32)3-6-27)18(33)11-37-23(24,25)26/h10,13-17H,3-9,11-12,27H2,1-2H3,(H,29,34)(H3,28,30,36)/t14-,15-,16+,17-/m0/s1. The molecule has 1 saturated carbocycles. The van der Waals surface area contributed by atoms with Gasteiger partial charge in [-0.1, -0.05) is 13.8 Å². The highest BCUT2D eigenvalue weighted by atomic mass is 19.4. The monoisotopic (exact) mass is 535 g/mol. The van der Waals surface area contributed by atoms with Gasteiger partial charge in [-0.05, 0) is 56.4 Å². The van der Waals surface area contributed by atoms with E-state index < -0.39 is 60.6 Å². The van der Waals surface area contributed by atoms with Crippen LogP contribution in [-0.4, -0.2) is 79.0 Å². The van der Waals surface area contributed by atoms with Gasteiger partial charge in [-0.15, -0.1) is 13.2 Å². The number of ketones is 1. The van der Waals surface area contributed by atoms with Crippen molar-refractivity contribution in [2.24, 2.45) is 28.7 Å². The van der Waals surface area contributed by atoms with E-state index in [0.29, 0.717) is 12.7 Å². The summed E-state index contributed by atoms with van der Waals surface area (Å²) in [4.78, 5) is 63.6. The van der Waals surface area contributed by atoms with Crippen molar-refractivity contribution >= 4 is 29.9 Å². The average molecular weight is 536 g/mol. The maximum atomic E-state index is 13.4. The molecule has 4 amide bonds. The van der Waals surface area contributed by atoms with Gasteiger partial charge in [0.05, 0.1) is 6.04 Å². The van der Waals surface area contributed by atoms with E-state index in [1.807, 2.05) is 13.8 Å². The summed E-state index contributed by atoms with van der Waals surface area (Å²) in [7, 11) is 0. The van der Waals surface area contributed by atoms with Crippen molar-refractivity contribution in [1.29, 1.82) is 0 Å². The Morgan fingerprint density at radius 3 is 2.27 bits per heavy atom. The van der Waals surface area contributed by atoms with Crippen LogP contribution in [0.4, 0.5) is 18.0 Å². The van der Waals surface area contributed by atoms with E-state index >= 15 is 0 Å². The van der Waals surface area contributed by atoms with Crippen molar-refractivity contribution in [3.63, 3.8) is 0 Å². The Morgan fingerprint density at radius 1 is 1.14 bits per heavy atom. The number of carbonyl (C=O) groups is 5. The highest BCUT2D eigenvalue weighted by Gasteiger charge is 2.56. The van der Waals surface area contributed by atoms with Crippen molar-refractivity contribution in [3.05, 3.63) is 0 Å². The van der Waals surface area contributed by atoms with E-state index in [0.717, 1.165) is 12.8 Å². The minimum Gasteiger partial charge on any atom is -0.352 e. The molecule has 2 fully saturated rings. The molecule has 0 unspecified atom stereocenters.